The van der Waals surface area contributed by atoms with Gasteiger partial charge in [0.15, 0.2) is 4.77 Å². The topological polar surface area (TPSA) is 42.2 Å². The number of likely N-dealkylation sites (N-methyl/N-ethyl adjacent to an activating group) is 1. The lowest BCUT2D eigenvalue weighted by Gasteiger charge is -2.16. The molecule has 0 radical (unpaired) electrons. The Kier molecular flexibility index (Phi) is 4.96. The summed E-state index contributed by atoms with van der Waals surface area (Å²) in [5, 5.41) is 1.21. The van der Waals surface area contributed by atoms with E-state index in [0.29, 0.717) is 27.2 Å². The zero-order chi connectivity index (χ0) is 14.7. The van der Waals surface area contributed by atoms with Gasteiger partial charge in [0, 0.05) is 5.02 Å². The Morgan fingerprint density at radius 2 is 2.05 bits per heavy atom. The number of nitrogens with one attached hydrogen (secondary N) is 2. The number of aromatic nitrogens is 2. The van der Waals surface area contributed by atoms with Gasteiger partial charge < -0.3 is 9.88 Å². The molecule has 0 saturated carbocycles. The van der Waals surface area contributed by atoms with Gasteiger partial charge in [0.25, 0.3) is 5.56 Å². The molecule has 0 aliphatic rings. The maximum absolute atomic E-state index is 12.5. The number of quaternary nitrogens is 1. The van der Waals surface area contributed by atoms with E-state index in [1.165, 1.54) is 4.90 Å². The number of fused-ring (bicyclic) bond motifs is 1. The minimum absolute atomic E-state index is 0.0491. The van der Waals surface area contributed by atoms with Crippen molar-refractivity contribution in [1.82, 2.24) is 9.55 Å². The summed E-state index contributed by atoms with van der Waals surface area (Å²) in [5.74, 6) is 0. The van der Waals surface area contributed by atoms with Crippen LogP contribution in [0.1, 0.15) is 13.8 Å². The summed E-state index contributed by atoms with van der Waals surface area (Å²) in [7, 11) is 0. The second-order valence-corrected chi connectivity index (χ2v) is 5.61. The van der Waals surface area contributed by atoms with Crippen LogP contribution < -0.4 is 10.5 Å². The average molecular weight is 313 g/mol. The lowest BCUT2D eigenvalue weighted by Crippen LogP contribution is -3.11. The van der Waals surface area contributed by atoms with Crippen molar-refractivity contribution in [3.63, 3.8) is 0 Å². The highest BCUT2D eigenvalue weighted by Gasteiger charge is 2.09. The highest BCUT2D eigenvalue weighted by Crippen LogP contribution is 2.14. The third-order valence-electron chi connectivity index (χ3n) is 3.63. The van der Waals surface area contributed by atoms with Crippen LogP contribution in [-0.2, 0) is 6.54 Å². The van der Waals surface area contributed by atoms with Crippen LogP contribution in [0.25, 0.3) is 10.9 Å². The summed E-state index contributed by atoms with van der Waals surface area (Å²) >= 11 is 11.2. The van der Waals surface area contributed by atoms with Crippen LogP contribution in [0.4, 0.5) is 0 Å². The molecule has 0 atom stereocenters. The molecule has 0 aliphatic heterocycles. The van der Waals surface area contributed by atoms with Crippen molar-refractivity contribution in [2.75, 3.05) is 19.6 Å². The Labute approximate surface area is 128 Å². The Balaban J connectivity index is 2.42. The summed E-state index contributed by atoms with van der Waals surface area (Å²) in [6.07, 6.45) is 0. The van der Waals surface area contributed by atoms with Gasteiger partial charge in [-0.1, -0.05) is 11.6 Å². The minimum atomic E-state index is -0.0491. The van der Waals surface area contributed by atoms with Gasteiger partial charge in [0.05, 0.1) is 37.1 Å². The molecule has 0 saturated heterocycles. The van der Waals surface area contributed by atoms with E-state index in [4.69, 9.17) is 23.8 Å². The molecule has 20 heavy (non-hydrogen) atoms. The van der Waals surface area contributed by atoms with Crippen molar-refractivity contribution < 1.29 is 4.90 Å². The van der Waals surface area contributed by atoms with Crippen molar-refractivity contribution in [3.8, 4) is 0 Å². The largest absolute Gasteiger partial charge is 0.334 e. The minimum Gasteiger partial charge on any atom is -0.334 e. The smallest absolute Gasteiger partial charge is 0.262 e. The van der Waals surface area contributed by atoms with Gasteiger partial charge in [0.1, 0.15) is 0 Å². The lowest BCUT2D eigenvalue weighted by molar-refractivity contribution is -0.897. The predicted molar refractivity (Wildman–Crippen MR) is 85.3 cm³/mol. The first kappa shape index (κ1) is 15.2. The molecule has 0 spiro atoms. The fourth-order valence-electron chi connectivity index (χ4n) is 2.30. The number of halogens is 1. The van der Waals surface area contributed by atoms with E-state index in [1.54, 1.807) is 22.8 Å². The van der Waals surface area contributed by atoms with E-state index >= 15 is 0 Å². The molecule has 0 bridgehead atoms. The van der Waals surface area contributed by atoms with Gasteiger partial charge in [-0.2, -0.15) is 0 Å². The van der Waals surface area contributed by atoms with Crippen molar-refractivity contribution in [3.05, 3.63) is 38.3 Å². The predicted octanol–water partition coefficient (Wildman–Crippen LogP) is 1.64. The van der Waals surface area contributed by atoms with Crippen LogP contribution in [0.5, 0.6) is 0 Å². The monoisotopic (exact) mass is 312 g/mol. The third kappa shape index (κ3) is 3.11. The van der Waals surface area contributed by atoms with Crippen molar-refractivity contribution >= 4 is 34.7 Å². The van der Waals surface area contributed by atoms with Crippen LogP contribution in [0.2, 0.25) is 5.02 Å². The van der Waals surface area contributed by atoms with E-state index in [0.717, 1.165) is 19.6 Å². The Morgan fingerprint density at radius 1 is 1.35 bits per heavy atom. The Bertz CT molecular complexity index is 718. The van der Waals surface area contributed by atoms with Crippen molar-refractivity contribution in [1.29, 1.82) is 0 Å². The molecular weight excluding hydrogens is 294 g/mol. The summed E-state index contributed by atoms with van der Waals surface area (Å²) in [6, 6.07) is 5.20. The molecule has 1 aromatic carbocycles. The highest BCUT2D eigenvalue weighted by atomic mass is 35.5. The number of benzene rings is 1. The molecule has 0 aliphatic carbocycles. The number of hydrogen-bond donors (Lipinski definition) is 2. The average Bonchev–Trinajstić information content (AvgIpc) is 2.42. The quantitative estimate of drug-likeness (QED) is 0.824. The van der Waals surface area contributed by atoms with Crippen LogP contribution in [0.15, 0.2) is 23.0 Å². The molecule has 6 heteroatoms. The standard InChI is InChI=1S/C14H18ClN3OS/c1-3-17(4-2)7-8-18-13(19)11-6-5-10(15)9-12(11)16-14(18)20/h5-6,9H,3-4,7-8H2,1-2H3,(H,16,20)/p+1. The maximum Gasteiger partial charge on any atom is 0.262 e. The fourth-order valence-corrected chi connectivity index (χ4v) is 2.76. The molecule has 1 aromatic heterocycles. The van der Waals surface area contributed by atoms with Gasteiger partial charge in [0.2, 0.25) is 0 Å². The van der Waals surface area contributed by atoms with Gasteiger partial charge in [-0.15, -0.1) is 0 Å². The third-order valence-corrected chi connectivity index (χ3v) is 4.19. The molecular formula is C14H19ClN3OS+. The molecule has 4 nitrogen and oxygen atoms in total. The van der Waals surface area contributed by atoms with Crippen LogP contribution in [0, 0.1) is 4.77 Å². The first-order chi connectivity index (χ1) is 9.56. The molecule has 0 fully saturated rings. The second kappa shape index (κ2) is 6.52. The van der Waals surface area contributed by atoms with E-state index < -0.39 is 0 Å². The van der Waals surface area contributed by atoms with E-state index in [9.17, 15) is 4.79 Å². The van der Waals surface area contributed by atoms with Gasteiger partial charge >= 0.3 is 0 Å². The molecule has 2 aromatic rings. The number of aromatic amines is 1. The molecule has 1 heterocycles. The van der Waals surface area contributed by atoms with E-state index in [-0.39, 0.29) is 5.56 Å². The lowest BCUT2D eigenvalue weighted by atomic mass is 10.2. The van der Waals surface area contributed by atoms with Gasteiger partial charge in [-0.3, -0.25) is 9.36 Å². The summed E-state index contributed by atoms with van der Waals surface area (Å²) < 4.78 is 2.09. The maximum atomic E-state index is 12.5. The number of hydrogen-bond acceptors (Lipinski definition) is 2. The first-order valence-corrected chi connectivity index (χ1v) is 7.61. The SMILES string of the molecule is CC[NH+](CC)CCn1c(=S)[nH]c2cc(Cl)ccc2c1=O. The summed E-state index contributed by atoms with van der Waals surface area (Å²) in [4.78, 5) is 17.0. The van der Waals surface area contributed by atoms with E-state index in [2.05, 4.69) is 18.8 Å². The normalized spacial score (nSPS) is 11.4. The van der Waals surface area contributed by atoms with Crippen LogP contribution in [0.3, 0.4) is 0 Å². The number of H-pyrrole nitrogens is 1. The Hall–Kier alpha value is -1.17. The summed E-state index contributed by atoms with van der Waals surface area (Å²) in [6.45, 7) is 7.90. The molecule has 2 N–H and O–H groups in total. The number of nitrogens with zero attached hydrogens (tertiary/aromatic N) is 1. The zero-order valence-electron chi connectivity index (χ0n) is 11.7. The molecule has 2 rings (SSSR count). The first-order valence-electron chi connectivity index (χ1n) is 6.82. The molecule has 108 valence electrons. The van der Waals surface area contributed by atoms with E-state index in [1.807, 2.05) is 0 Å². The van der Waals surface area contributed by atoms with Gasteiger partial charge in [-0.25, -0.2) is 0 Å². The number of rotatable bonds is 5. The molecule has 0 unspecified atom stereocenters. The van der Waals surface area contributed by atoms with Crippen molar-refractivity contribution in [2.45, 2.75) is 20.4 Å². The second-order valence-electron chi connectivity index (χ2n) is 4.78. The summed E-state index contributed by atoms with van der Waals surface area (Å²) in [5.41, 5.74) is 0.644. The fraction of sp³-hybridized carbons (Fsp3) is 0.429. The molecule has 0 amide bonds. The highest BCUT2D eigenvalue weighted by molar-refractivity contribution is 7.71. The Morgan fingerprint density at radius 3 is 2.70 bits per heavy atom. The van der Waals surface area contributed by atoms with Crippen molar-refractivity contribution in [2.24, 2.45) is 0 Å². The van der Waals surface area contributed by atoms with Crippen LogP contribution >= 0.6 is 23.8 Å². The van der Waals surface area contributed by atoms with Gasteiger partial charge in [-0.05, 0) is 44.3 Å². The zero-order valence-corrected chi connectivity index (χ0v) is 13.3. The van der Waals surface area contributed by atoms with Crippen LogP contribution in [-0.4, -0.2) is 29.2 Å².